The van der Waals surface area contributed by atoms with Crippen LogP contribution in [0.15, 0.2) is 60.7 Å². The molecule has 0 radical (unpaired) electrons. The molecule has 1 aliphatic rings. The largest absolute Gasteiger partial charge is 2.00 e. The number of benzene rings is 2. The van der Waals surface area contributed by atoms with Crippen molar-refractivity contribution in [2.24, 2.45) is 0 Å². The molecule has 0 bridgehead atoms. The molecule has 1 atom stereocenters. The molecule has 0 aliphatic carbocycles. The van der Waals surface area contributed by atoms with Crippen LogP contribution in [0.4, 0.5) is 0 Å². The van der Waals surface area contributed by atoms with Gasteiger partial charge in [0.1, 0.15) is 6.61 Å². The van der Waals surface area contributed by atoms with Crippen LogP contribution < -0.4 is 27.6 Å². The van der Waals surface area contributed by atoms with Gasteiger partial charge < -0.3 is 33.8 Å². The average Bonchev–Trinajstić information content (AvgIpc) is 3.06. The van der Waals surface area contributed by atoms with E-state index in [1.807, 2.05) is 11.1 Å². The van der Waals surface area contributed by atoms with Crippen LogP contribution in [0.5, 0.6) is 0 Å². The zero-order valence-corrected chi connectivity index (χ0v) is 32.5. The van der Waals surface area contributed by atoms with Crippen LogP contribution in [0, 0.1) is 0 Å². The van der Waals surface area contributed by atoms with Crippen LogP contribution in [-0.2, 0) is 32.2 Å². The zero-order valence-electron chi connectivity index (χ0n) is 30.5. The standard InChI is InChI=1S/C15H22O3.C13H21NO.2C4H11N.BrH.Mg.H/c1-2-7-14(8-3-1)9-6-12-17-18-13-15-10-4-5-11-16-15;1-3-14(4-2)15-12-8-11-13-9-6-5-7-10-13;2*1-3-5-4-2;;;/h1-3,7-8,15H,4-6,9-13H2;5-7,9-10H,3-4,8,11-12H2,1-2H3;2*5H,3-4H2,1-2H3;1H;;/q;;;;;+2;-1/p-1. The predicted octanol–water partition coefficient (Wildman–Crippen LogP) is 4.00. The van der Waals surface area contributed by atoms with Crippen LogP contribution in [0.1, 0.15) is 86.2 Å². The van der Waals surface area contributed by atoms with Gasteiger partial charge in [-0.3, -0.25) is 4.84 Å². The summed E-state index contributed by atoms with van der Waals surface area (Å²) in [5.74, 6) is 0. The van der Waals surface area contributed by atoms with Crippen LogP contribution in [0.2, 0.25) is 0 Å². The Morgan fingerprint density at radius 3 is 1.60 bits per heavy atom. The Labute approximate surface area is 305 Å². The molecule has 45 heavy (non-hydrogen) atoms. The third-order valence-electron chi connectivity index (χ3n) is 6.58. The molecule has 3 rings (SSSR count). The number of nitrogens with one attached hydrogen (secondary N) is 2. The van der Waals surface area contributed by atoms with Crippen molar-refractivity contribution < 1.29 is 37.8 Å². The van der Waals surface area contributed by atoms with Crippen molar-refractivity contribution in [3.8, 4) is 0 Å². The van der Waals surface area contributed by atoms with E-state index >= 15 is 0 Å². The smallest absolute Gasteiger partial charge is 1.00 e. The van der Waals surface area contributed by atoms with Crippen LogP contribution in [0.3, 0.4) is 0 Å². The van der Waals surface area contributed by atoms with Crippen molar-refractivity contribution in [2.45, 2.75) is 92.6 Å². The summed E-state index contributed by atoms with van der Waals surface area (Å²) in [5, 5.41) is 8.21. The van der Waals surface area contributed by atoms with Crippen molar-refractivity contribution in [1.29, 1.82) is 0 Å². The quantitative estimate of drug-likeness (QED) is 0.105. The molecule has 2 aromatic rings. The van der Waals surface area contributed by atoms with Gasteiger partial charge in [0.25, 0.3) is 0 Å². The number of aryl methyl sites for hydroxylation is 2. The molecule has 1 saturated heterocycles. The average molecular weight is 709 g/mol. The monoisotopic (exact) mass is 707 g/mol. The molecular weight excluding hydrogens is 643 g/mol. The fraction of sp³-hybridized carbons (Fsp3) is 0.667. The van der Waals surface area contributed by atoms with Crippen LogP contribution in [0.25, 0.3) is 0 Å². The van der Waals surface area contributed by atoms with E-state index in [0.717, 1.165) is 84.6 Å². The molecule has 0 spiro atoms. The summed E-state index contributed by atoms with van der Waals surface area (Å²) in [6, 6.07) is 21.0. The van der Waals surface area contributed by atoms with E-state index < -0.39 is 0 Å². The van der Waals surface area contributed by atoms with E-state index in [1.165, 1.54) is 24.0 Å². The summed E-state index contributed by atoms with van der Waals surface area (Å²) >= 11 is 0. The number of hydrogen-bond acceptors (Lipinski definition) is 7. The van der Waals surface area contributed by atoms with Gasteiger partial charge in [0, 0.05) is 19.7 Å². The van der Waals surface area contributed by atoms with Crippen molar-refractivity contribution in [3.63, 3.8) is 0 Å². The van der Waals surface area contributed by atoms with E-state index in [9.17, 15) is 0 Å². The normalized spacial score (nSPS) is 13.4. The Bertz CT molecular complexity index is 783. The van der Waals surface area contributed by atoms with Crippen molar-refractivity contribution in [3.05, 3.63) is 71.8 Å². The summed E-state index contributed by atoms with van der Waals surface area (Å²) in [5.41, 5.74) is 2.73. The van der Waals surface area contributed by atoms with E-state index in [0.29, 0.717) is 13.2 Å². The third kappa shape index (κ3) is 33.1. The van der Waals surface area contributed by atoms with Gasteiger partial charge in [-0.15, -0.1) is 0 Å². The summed E-state index contributed by atoms with van der Waals surface area (Å²) in [6.45, 7) is 21.8. The first-order valence-electron chi connectivity index (χ1n) is 16.9. The summed E-state index contributed by atoms with van der Waals surface area (Å²) < 4.78 is 5.55. The van der Waals surface area contributed by atoms with E-state index in [-0.39, 0.29) is 47.6 Å². The van der Waals surface area contributed by atoms with Gasteiger partial charge in [-0.25, -0.2) is 9.78 Å². The molecule has 2 aromatic carbocycles. The van der Waals surface area contributed by atoms with Gasteiger partial charge in [-0.1, -0.05) is 102 Å². The van der Waals surface area contributed by atoms with E-state index in [2.05, 4.69) is 107 Å². The molecule has 1 heterocycles. The van der Waals surface area contributed by atoms with E-state index in [1.54, 1.807) is 0 Å². The fourth-order valence-corrected chi connectivity index (χ4v) is 4.12. The van der Waals surface area contributed by atoms with Gasteiger partial charge in [0.2, 0.25) is 0 Å². The second kappa shape index (κ2) is 39.6. The van der Waals surface area contributed by atoms with Crippen molar-refractivity contribution >= 4 is 23.1 Å². The molecule has 1 fully saturated rings. The number of nitrogens with zero attached hydrogens (tertiary/aromatic N) is 1. The second-order valence-corrected chi connectivity index (χ2v) is 10.1. The fourth-order valence-electron chi connectivity index (χ4n) is 4.12. The van der Waals surface area contributed by atoms with Gasteiger partial charge in [-0.2, -0.15) is 5.06 Å². The van der Waals surface area contributed by atoms with Gasteiger partial charge >= 0.3 is 23.1 Å². The minimum Gasteiger partial charge on any atom is -1.00 e. The minimum atomic E-state index is 0. The number of hydroxylamine groups is 2. The minimum absolute atomic E-state index is 0. The Morgan fingerprint density at radius 1 is 0.711 bits per heavy atom. The Balaban J connectivity index is -0.000000285. The first-order chi connectivity index (χ1) is 21.1. The topological polar surface area (TPSA) is 64.2 Å². The maximum atomic E-state index is 5.60. The predicted molar refractivity (Wildman–Crippen MR) is 189 cm³/mol. The SMILES string of the molecule is CCN(CC)OCCCc1ccccc1.CCNCC.CCNCC.[Br-].[H-].[Mg+2].c1ccc(CCCOOCC2CCCCO2)cc1. The summed E-state index contributed by atoms with van der Waals surface area (Å²) in [7, 11) is 0. The van der Waals surface area contributed by atoms with Crippen LogP contribution >= 0.6 is 0 Å². The Kier molecular flexibility index (Phi) is 42.9. The molecule has 258 valence electrons. The first kappa shape index (κ1) is 48.8. The van der Waals surface area contributed by atoms with Crippen LogP contribution in [-0.4, -0.2) is 99.9 Å². The third-order valence-corrected chi connectivity index (χ3v) is 6.58. The number of ether oxygens (including phenoxy) is 1. The number of hydrogen-bond donors (Lipinski definition) is 2. The Hall–Kier alpha value is -0.594. The van der Waals surface area contributed by atoms with Gasteiger partial charge in [0.15, 0.2) is 0 Å². The maximum Gasteiger partial charge on any atom is 2.00 e. The molecule has 0 saturated carbocycles. The molecule has 2 N–H and O–H groups in total. The summed E-state index contributed by atoms with van der Waals surface area (Å²) in [6.07, 6.45) is 7.93. The molecule has 0 aromatic heterocycles. The van der Waals surface area contributed by atoms with E-state index in [4.69, 9.17) is 19.3 Å². The van der Waals surface area contributed by atoms with Crippen molar-refractivity contribution in [2.75, 3.05) is 65.7 Å². The molecule has 7 nitrogen and oxygen atoms in total. The Morgan fingerprint density at radius 2 is 1.20 bits per heavy atom. The van der Waals surface area contributed by atoms with Gasteiger partial charge in [0.05, 0.1) is 19.3 Å². The first-order valence-corrected chi connectivity index (χ1v) is 16.9. The number of halogens is 1. The molecule has 0 amide bonds. The molecule has 9 heteroatoms. The zero-order chi connectivity index (χ0) is 31.6. The molecular formula is C36H66BrMgN3O4. The molecule has 1 unspecified atom stereocenters. The second-order valence-electron chi connectivity index (χ2n) is 10.1. The van der Waals surface area contributed by atoms with Crippen molar-refractivity contribution in [1.82, 2.24) is 15.7 Å². The molecule has 1 aliphatic heterocycles. The summed E-state index contributed by atoms with van der Waals surface area (Å²) in [4.78, 5) is 16.0. The van der Waals surface area contributed by atoms with Gasteiger partial charge in [-0.05, 0) is 82.3 Å². The maximum absolute atomic E-state index is 5.60. The number of rotatable bonds is 18.